The second-order valence-electron chi connectivity index (χ2n) is 3.30. The summed E-state index contributed by atoms with van der Waals surface area (Å²) in [6.45, 7) is 0. The molecule has 0 fully saturated rings. The molecule has 1 heterocycles. The summed E-state index contributed by atoms with van der Waals surface area (Å²) < 4.78 is 0. The molecular weight excluding hydrogens is 218 g/mol. The number of hydrazone groups is 1. The number of benzene rings is 1. The van der Waals surface area contributed by atoms with Crippen molar-refractivity contribution >= 4 is 12.0 Å². The van der Waals surface area contributed by atoms with E-state index in [-0.39, 0.29) is 11.5 Å². The molecule has 2 rings (SSSR count). The third-order valence-electron chi connectivity index (χ3n) is 2.09. The second kappa shape index (κ2) is 4.98. The van der Waals surface area contributed by atoms with Crippen molar-refractivity contribution in [3.63, 3.8) is 0 Å². The van der Waals surface area contributed by atoms with Gasteiger partial charge in [-0.15, -0.1) is 0 Å². The number of anilines is 1. The molecule has 0 aliphatic rings. The first kappa shape index (κ1) is 10.9. The number of nitrogens with zero attached hydrogens (tertiary/aromatic N) is 2. The maximum absolute atomic E-state index is 9.51. The predicted octanol–water partition coefficient (Wildman–Crippen LogP) is 1.94. The fourth-order valence-electron chi connectivity index (χ4n) is 1.25. The molecule has 0 amide bonds. The van der Waals surface area contributed by atoms with Gasteiger partial charge in [0.05, 0.1) is 6.21 Å². The minimum Gasteiger partial charge on any atom is -0.504 e. The van der Waals surface area contributed by atoms with Gasteiger partial charge in [0, 0.05) is 11.8 Å². The molecular formula is C12H11N3O2. The van der Waals surface area contributed by atoms with E-state index in [1.165, 1.54) is 12.3 Å². The van der Waals surface area contributed by atoms with Crippen LogP contribution in [0.3, 0.4) is 0 Å². The van der Waals surface area contributed by atoms with E-state index in [1.807, 2.05) is 6.07 Å². The highest BCUT2D eigenvalue weighted by Gasteiger charge is 2.02. The van der Waals surface area contributed by atoms with E-state index in [0.29, 0.717) is 11.4 Å². The zero-order valence-electron chi connectivity index (χ0n) is 8.91. The van der Waals surface area contributed by atoms with Crippen LogP contribution in [0.2, 0.25) is 0 Å². The summed E-state index contributed by atoms with van der Waals surface area (Å²) in [7, 11) is 0. The van der Waals surface area contributed by atoms with Crippen molar-refractivity contribution in [2.45, 2.75) is 0 Å². The van der Waals surface area contributed by atoms with Crippen LogP contribution in [0.4, 0.5) is 5.82 Å². The standard InChI is InChI=1S/C12H11N3O2/c16-10-5-3-4-9(12(10)17)8-14-15-11-6-1-2-7-13-11/h1-8,16-17H,(H,13,15)/b14-8+. The van der Waals surface area contributed by atoms with E-state index < -0.39 is 0 Å². The van der Waals surface area contributed by atoms with Gasteiger partial charge < -0.3 is 10.2 Å². The number of pyridine rings is 1. The van der Waals surface area contributed by atoms with Crippen molar-refractivity contribution in [1.82, 2.24) is 4.98 Å². The fraction of sp³-hybridized carbons (Fsp3) is 0. The van der Waals surface area contributed by atoms with E-state index in [4.69, 9.17) is 0 Å². The van der Waals surface area contributed by atoms with Gasteiger partial charge in [-0.2, -0.15) is 5.10 Å². The van der Waals surface area contributed by atoms with Gasteiger partial charge in [-0.3, -0.25) is 5.43 Å². The number of hydrogen-bond donors (Lipinski definition) is 3. The number of hydrogen-bond acceptors (Lipinski definition) is 5. The Morgan fingerprint density at radius 3 is 2.76 bits per heavy atom. The Bertz CT molecular complexity index is 527. The lowest BCUT2D eigenvalue weighted by Gasteiger charge is -2.01. The molecule has 2 aromatic rings. The number of phenolic OH excluding ortho intramolecular Hbond substituents is 2. The molecule has 0 spiro atoms. The molecule has 0 saturated carbocycles. The normalized spacial score (nSPS) is 10.6. The van der Waals surface area contributed by atoms with E-state index in [9.17, 15) is 10.2 Å². The molecule has 0 bridgehead atoms. The first-order valence-corrected chi connectivity index (χ1v) is 4.98. The van der Waals surface area contributed by atoms with Gasteiger partial charge in [-0.1, -0.05) is 12.1 Å². The summed E-state index contributed by atoms with van der Waals surface area (Å²) in [6, 6.07) is 10.1. The van der Waals surface area contributed by atoms with Gasteiger partial charge in [-0.25, -0.2) is 4.98 Å². The Morgan fingerprint density at radius 1 is 1.12 bits per heavy atom. The molecule has 0 saturated heterocycles. The Labute approximate surface area is 98.1 Å². The average Bonchev–Trinajstić information content (AvgIpc) is 2.36. The minimum atomic E-state index is -0.195. The van der Waals surface area contributed by atoms with Gasteiger partial charge in [0.1, 0.15) is 5.82 Å². The maximum Gasteiger partial charge on any atom is 0.166 e. The first-order chi connectivity index (χ1) is 8.27. The first-order valence-electron chi connectivity index (χ1n) is 4.98. The van der Waals surface area contributed by atoms with E-state index >= 15 is 0 Å². The zero-order valence-corrected chi connectivity index (χ0v) is 8.91. The lowest BCUT2D eigenvalue weighted by atomic mass is 10.2. The Morgan fingerprint density at radius 2 is 2.00 bits per heavy atom. The summed E-state index contributed by atoms with van der Waals surface area (Å²) in [4.78, 5) is 4.01. The molecule has 0 atom stereocenters. The molecule has 3 N–H and O–H groups in total. The average molecular weight is 229 g/mol. The Hall–Kier alpha value is -2.56. The number of aromatic nitrogens is 1. The third-order valence-corrected chi connectivity index (χ3v) is 2.09. The van der Waals surface area contributed by atoms with Crippen LogP contribution in [0.5, 0.6) is 11.5 Å². The summed E-state index contributed by atoms with van der Waals surface area (Å²) in [5, 5.41) is 22.7. The summed E-state index contributed by atoms with van der Waals surface area (Å²) in [5.41, 5.74) is 3.13. The molecule has 17 heavy (non-hydrogen) atoms. The van der Waals surface area contributed by atoms with E-state index in [0.717, 1.165) is 0 Å². The van der Waals surface area contributed by atoms with Crippen molar-refractivity contribution in [3.05, 3.63) is 48.2 Å². The molecule has 0 radical (unpaired) electrons. The lowest BCUT2D eigenvalue weighted by Crippen LogP contribution is -1.92. The minimum absolute atomic E-state index is 0.174. The number of phenols is 2. The third kappa shape index (κ3) is 2.72. The van der Waals surface area contributed by atoms with Gasteiger partial charge in [-0.05, 0) is 24.3 Å². The predicted molar refractivity (Wildman–Crippen MR) is 65.2 cm³/mol. The summed E-state index contributed by atoms with van der Waals surface area (Å²) in [5.74, 6) is 0.231. The van der Waals surface area contributed by atoms with Crippen LogP contribution in [0.15, 0.2) is 47.7 Å². The largest absolute Gasteiger partial charge is 0.504 e. The van der Waals surface area contributed by atoms with E-state index in [1.54, 1.807) is 30.5 Å². The molecule has 1 aromatic heterocycles. The van der Waals surface area contributed by atoms with Gasteiger partial charge in [0.2, 0.25) is 0 Å². The highest BCUT2D eigenvalue weighted by molar-refractivity contribution is 5.85. The van der Waals surface area contributed by atoms with Crippen molar-refractivity contribution in [2.24, 2.45) is 5.10 Å². The number of nitrogens with one attached hydrogen (secondary N) is 1. The molecule has 5 nitrogen and oxygen atoms in total. The highest BCUT2D eigenvalue weighted by atomic mass is 16.3. The Kier molecular flexibility index (Phi) is 3.20. The topological polar surface area (TPSA) is 77.7 Å². The molecule has 0 aliphatic carbocycles. The van der Waals surface area contributed by atoms with Crippen LogP contribution in [0.1, 0.15) is 5.56 Å². The summed E-state index contributed by atoms with van der Waals surface area (Å²) in [6.07, 6.45) is 3.05. The van der Waals surface area contributed by atoms with Crippen molar-refractivity contribution in [3.8, 4) is 11.5 Å². The van der Waals surface area contributed by atoms with Crippen LogP contribution in [0.25, 0.3) is 0 Å². The van der Waals surface area contributed by atoms with E-state index in [2.05, 4.69) is 15.5 Å². The molecule has 86 valence electrons. The second-order valence-corrected chi connectivity index (χ2v) is 3.30. The van der Waals surface area contributed by atoms with Gasteiger partial charge in [0.15, 0.2) is 11.5 Å². The van der Waals surface area contributed by atoms with Crippen LogP contribution in [0, 0.1) is 0 Å². The number of para-hydroxylation sites is 1. The number of rotatable bonds is 3. The SMILES string of the molecule is Oc1cccc(/C=N/Nc2ccccn2)c1O. The lowest BCUT2D eigenvalue weighted by molar-refractivity contribution is 0.403. The van der Waals surface area contributed by atoms with Gasteiger partial charge >= 0.3 is 0 Å². The molecule has 5 heteroatoms. The summed E-state index contributed by atoms with van der Waals surface area (Å²) >= 11 is 0. The monoisotopic (exact) mass is 229 g/mol. The molecule has 0 aliphatic heterocycles. The fourth-order valence-corrected chi connectivity index (χ4v) is 1.25. The van der Waals surface area contributed by atoms with Crippen molar-refractivity contribution in [2.75, 3.05) is 5.43 Å². The molecule has 0 unspecified atom stereocenters. The van der Waals surface area contributed by atoms with Crippen LogP contribution < -0.4 is 5.43 Å². The van der Waals surface area contributed by atoms with Crippen molar-refractivity contribution in [1.29, 1.82) is 0 Å². The Balaban J connectivity index is 2.09. The van der Waals surface area contributed by atoms with Crippen LogP contribution in [-0.4, -0.2) is 21.4 Å². The maximum atomic E-state index is 9.51. The van der Waals surface area contributed by atoms with Crippen LogP contribution in [-0.2, 0) is 0 Å². The quantitative estimate of drug-likeness (QED) is 0.427. The smallest absolute Gasteiger partial charge is 0.166 e. The number of aromatic hydroxyl groups is 2. The molecule has 1 aromatic carbocycles. The van der Waals surface area contributed by atoms with Crippen LogP contribution >= 0.6 is 0 Å². The van der Waals surface area contributed by atoms with Gasteiger partial charge in [0.25, 0.3) is 0 Å². The highest BCUT2D eigenvalue weighted by Crippen LogP contribution is 2.26. The van der Waals surface area contributed by atoms with Crippen molar-refractivity contribution < 1.29 is 10.2 Å². The zero-order chi connectivity index (χ0) is 12.1.